The molecule has 0 spiro atoms. The van der Waals surface area contributed by atoms with Crippen molar-refractivity contribution in [3.05, 3.63) is 41.2 Å². The van der Waals surface area contributed by atoms with Crippen LogP contribution in [0.15, 0.2) is 24.3 Å². The molecule has 0 radical (unpaired) electrons. The zero-order valence-electron chi connectivity index (χ0n) is 13.4. The van der Waals surface area contributed by atoms with E-state index in [-0.39, 0.29) is 5.92 Å². The van der Waals surface area contributed by atoms with Crippen LogP contribution in [0.25, 0.3) is 0 Å². The quantitative estimate of drug-likeness (QED) is 0.882. The minimum absolute atomic E-state index is 0.254. The normalized spacial score (nSPS) is 10.8. The molecule has 2 rings (SSSR count). The lowest BCUT2D eigenvalue weighted by molar-refractivity contribution is 0.453. The van der Waals surface area contributed by atoms with E-state index in [1.54, 1.807) is 0 Å². The molecule has 2 aromatic rings. The van der Waals surface area contributed by atoms with Crippen molar-refractivity contribution in [2.24, 2.45) is 0 Å². The van der Waals surface area contributed by atoms with E-state index >= 15 is 0 Å². The minimum atomic E-state index is 0.254. The summed E-state index contributed by atoms with van der Waals surface area (Å²) >= 11 is 0. The van der Waals surface area contributed by atoms with E-state index in [0.29, 0.717) is 5.88 Å². The molecule has 1 heterocycles. The third kappa shape index (κ3) is 3.94. The van der Waals surface area contributed by atoms with Crippen LogP contribution in [0.1, 0.15) is 43.6 Å². The molecular formula is C17H23N3O. The van der Waals surface area contributed by atoms with Crippen molar-refractivity contribution in [2.75, 3.05) is 11.9 Å². The van der Waals surface area contributed by atoms with Crippen molar-refractivity contribution in [1.82, 2.24) is 9.97 Å². The fourth-order valence-corrected chi connectivity index (χ4v) is 1.95. The van der Waals surface area contributed by atoms with Crippen LogP contribution >= 0.6 is 0 Å². The predicted octanol–water partition coefficient (Wildman–Crippen LogP) is 4.44. The third-order valence-corrected chi connectivity index (χ3v) is 3.15. The second-order valence-corrected chi connectivity index (χ2v) is 5.51. The zero-order valence-corrected chi connectivity index (χ0v) is 13.4. The van der Waals surface area contributed by atoms with Gasteiger partial charge in [-0.1, -0.05) is 26.0 Å². The Kier molecular flexibility index (Phi) is 4.78. The average molecular weight is 285 g/mol. The Morgan fingerprint density at radius 2 is 1.90 bits per heavy atom. The molecule has 1 aromatic heterocycles. The van der Waals surface area contributed by atoms with Gasteiger partial charge in [0, 0.05) is 18.5 Å². The molecule has 0 bridgehead atoms. The number of hydrogen-bond acceptors (Lipinski definition) is 4. The summed E-state index contributed by atoms with van der Waals surface area (Å²) in [5, 5.41) is 3.22. The van der Waals surface area contributed by atoms with Gasteiger partial charge in [-0.25, -0.2) is 4.98 Å². The first-order chi connectivity index (χ1) is 9.99. The highest BCUT2D eigenvalue weighted by molar-refractivity contribution is 5.42. The van der Waals surface area contributed by atoms with Gasteiger partial charge in [-0.2, -0.15) is 4.98 Å². The molecule has 0 saturated heterocycles. The van der Waals surface area contributed by atoms with E-state index in [0.717, 1.165) is 29.5 Å². The molecule has 0 fully saturated rings. The highest BCUT2D eigenvalue weighted by Gasteiger charge is 2.10. The van der Waals surface area contributed by atoms with Gasteiger partial charge in [0.15, 0.2) is 0 Å². The van der Waals surface area contributed by atoms with Crippen LogP contribution in [-0.2, 0) is 0 Å². The third-order valence-electron chi connectivity index (χ3n) is 3.15. The number of rotatable bonds is 5. The Morgan fingerprint density at radius 3 is 2.57 bits per heavy atom. The number of benzene rings is 1. The lowest BCUT2D eigenvalue weighted by Gasteiger charge is -2.13. The number of ether oxygens (including phenoxy) is 1. The number of aryl methyl sites for hydroxylation is 2. The molecule has 1 aromatic carbocycles. The van der Waals surface area contributed by atoms with Crippen molar-refractivity contribution in [3.8, 4) is 11.6 Å². The lowest BCUT2D eigenvalue weighted by Crippen LogP contribution is -2.06. The number of anilines is 1. The first-order valence-corrected chi connectivity index (χ1v) is 7.37. The van der Waals surface area contributed by atoms with Crippen molar-refractivity contribution >= 4 is 5.82 Å². The van der Waals surface area contributed by atoms with Crippen LogP contribution in [0.3, 0.4) is 0 Å². The van der Waals surface area contributed by atoms with Gasteiger partial charge in [0.2, 0.25) is 5.88 Å². The summed E-state index contributed by atoms with van der Waals surface area (Å²) in [5.41, 5.74) is 2.26. The van der Waals surface area contributed by atoms with Gasteiger partial charge in [-0.05, 0) is 38.0 Å². The molecule has 0 amide bonds. The van der Waals surface area contributed by atoms with Gasteiger partial charge in [0.05, 0.1) is 0 Å². The maximum Gasteiger partial charge on any atom is 0.224 e. The van der Waals surface area contributed by atoms with Gasteiger partial charge in [0.1, 0.15) is 17.4 Å². The average Bonchev–Trinajstić information content (AvgIpc) is 2.43. The maximum atomic E-state index is 5.98. The first kappa shape index (κ1) is 15.3. The summed E-state index contributed by atoms with van der Waals surface area (Å²) in [6.45, 7) is 11.1. The summed E-state index contributed by atoms with van der Waals surface area (Å²) in [4.78, 5) is 9.01. The predicted molar refractivity (Wildman–Crippen MR) is 86.3 cm³/mol. The molecule has 0 saturated carbocycles. The summed E-state index contributed by atoms with van der Waals surface area (Å²) in [6.07, 6.45) is 0. The molecule has 1 N–H and O–H groups in total. The fraction of sp³-hybridized carbons (Fsp3) is 0.412. The van der Waals surface area contributed by atoms with Crippen molar-refractivity contribution in [2.45, 2.75) is 40.5 Å². The highest BCUT2D eigenvalue weighted by Crippen LogP contribution is 2.27. The van der Waals surface area contributed by atoms with E-state index in [9.17, 15) is 0 Å². The Labute approximate surface area is 126 Å². The topological polar surface area (TPSA) is 47.0 Å². The van der Waals surface area contributed by atoms with E-state index in [1.165, 1.54) is 5.56 Å². The first-order valence-electron chi connectivity index (χ1n) is 7.37. The van der Waals surface area contributed by atoms with Crippen LogP contribution < -0.4 is 10.1 Å². The summed E-state index contributed by atoms with van der Waals surface area (Å²) in [7, 11) is 0. The van der Waals surface area contributed by atoms with E-state index < -0.39 is 0 Å². The van der Waals surface area contributed by atoms with Gasteiger partial charge in [-0.3, -0.25) is 0 Å². The molecular weight excluding hydrogens is 262 g/mol. The van der Waals surface area contributed by atoms with E-state index in [1.807, 2.05) is 26.0 Å². The summed E-state index contributed by atoms with van der Waals surface area (Å²) < 4.78 is 5.98. The van der Waals surface area contributed by atoms with Gasteiger partial charge < -0.3 is 10.1 Å². The monoisotopic (exact) mass is 285 g/mol. The Balaban J connectivity index is 2.36. The van der Waals surface area contributed by atoms with Crippen LogP contribution in [0.4, 0.5) is 5.82 Å². The Bertz CT molecular complexity index is 623. The van der Waals surface area contributed by atoms with Gasteiger partial charge in [-0.15, -0.1) is 0 Å². The maximum absolute atomic E-state index is 5.98. The molecule has 0 aliphatic heterocycles. The van der Waals surface area contributed by atoms with Crippen molar-refractivity contribution in [3.63, 3.8) is 0 Å². The number of nitrogens with zero attached hydrogens (tertiary/aromatic N) is 2. The smallest absolute Gasteiger partial charge is 0.224 e. The van der Waals surface area contributed by atoms with E-state index in [4.69, 9.17) is 4.74 Å². The molecule has 21 heavy (non-hydrogen) atoms. The Morgan fingerprint density at radius 1 is 1.14 bits per heavy atom. The zero-order chi connectivity index (χ0) is 15.4. The van der Waals surface area contributed by atoms with Crippen molar-refractivity contribution in [1.29, 1.82) is 0 Å². The van der Waals surface area contributed by atoms with Gasteiger partial charge >= 0.3 is 0 Å². The minimum Gasteiger partial charge on any atom is -0.439 e. The van der Waals surface area contributed by atoms with Crippen LogP contribution in [-0.4, -0.2) is 16.5 Å². The van der Waals surface area contributed by atoms with E-state index in [2.05, 4.69) is 48.2 Å². The second kappa shape index (κ2) is 6.57. The molecule has 0 atom stereocenters. The Hall–Kier alpha value is -2.10. The fourth-order valence-electron chi connectivity index (χ4n) is 1.95. The van der Waals surface area contributed by atoms with Gasteiger partial charge in [0.25, 0.3) is 0 Å². The number of nitrogens with one attached hydrogen (secondary N) is 1. The van der Waals surface area contributed by atoms with Crippen LogP contribution in [0.2, 0.25) is 0 Å². The molecule has 0 unspecified atom stereocenters. The van der Waals surface area contributed by atoms with Crippen LogP contribution in [0.5, 0.6) is 11.6 Å². The lowest BCUT2D eigenvalue weighted by atomic mass is 10.1. The number of aromatic nitrogens is 2. The SMILES string of the molecule is CCNc1cc(Oc2cc(C)ccc2C)nc(C(C)C)n1. The highest BCUT2D eigenvalue weighted by atomic mass is 16.5. The summed E-state index contributed by atoms with van der Waals surface area (Å²) in [5.74, 6) is 3.26. The standard InChI is InChI=1S/C17H23N3O/c1-6-18-15-10-16(20-17(19-15)11(2)3)21-14-9-12(4)7-8-13(14)5/h7-11H,6H2,1-5H3,(H,18,19,20). The van der Waals surface area contributed by atoms with Crippen molar-refractivity contribution < 1.29 is 4.74 Å². The largest absolute Gasteiger partial charge is 0.439 e. The second-order valence-electron chi connectivity index (χ2n) is 5.51. The molecule has 0 aliphatic carbocycles. The molecule has 4 nitrogen and oxygen atoms in total. The molecule has 112 valence electrons. The summed E-state index contributed by atoms with van der Waals surface area (Å²) in [6, 6.07) is 8.00. The number of hydrogen-bond donors (Lipinski definition) is 1. The van der Waals surface area contributed by atoms with Crippen LogP contribution in [0, 0.1) is 13.8 Å². The molecule has 4 heteroatoms. The molecule has 0 aliphatic rings.